The highest BCUT2D eigenvalue weighted by molar-refractivity contribution is 5.97. The van der Waals surface area contributed by atoms with E-state index in [1.807, 2.05) is 31.2 Å². The second kappa shape index (κ2) is 6.90. The average Bonchev–Trinajstić information content (AvgIpc) is 2.86. The number of nitrogens with zero attached hydrogens (tertiary/aromatic N) is 2. The molecule has 1 aromatic carbocycles. The lowest BCUT2D eigenvalue weighted by Gasteiger charge is -2.09. The number of hydrogen-bond donors (Lipinski definition) is 2. The van der Waals surface area contributed by atoms with E-state index in [0.717, 1.165) is 11.1 Å². The highest BCUT2D eigenvalue weighted by atomic mass is 16.5. The maximum atomic E-state index is 12.2. The Labute approximate surface area is 123 Å². The summed E-state index contributed by atoms with van der Waals surface area (Å²) in [5.41, 5.74) is 8.67. The lowest BCUT2D eigenvalue weighted by molar-refractivity contribution is 0.0941. The highest BCUT2D eigenvalue weighted by Gasteiger charge is 2.15. The number of hydrogen-bond acceptors (Lipinski definition) is 4. The van der Waals surface area contributed by atoms with Crippen LogP contribution in [0.1, 0.15) is 28.5 Å². The number of rotatable bonds is 6. The standard InChI is InChI=1S/C15H20N4O2/c1-3-19-14(13(16)9-18-19)15(20)17-8-11-5-4-6-12(7-11)10-21-2/h4-7,9H,3,8,10,16H2,1-2H3,(H,17,20). The number of amides is 1. The van der Waals surface area contributed by atoms with Crippen LogP contribution in [0.4, 0.5) is 5.69 Å². The van der Waals surface area contributed by atoms with Gasteiger partial charge >= 0.3 is 0 Å². The van der Waals surface area contributed by atoms with Crippen LogP contribution in [0, 0.1) is 0 Å². The van der Waals surface area contributed by atoms with Crippen molar-refractivity contribution in [3.05, 3.63) is 47.3 Å². The van der Waals surface area contributed by atoms with E-state index in [1.54, 1.807) is 11.8 Å². The Bertz CT molecular complexity index is 622. The number of benzene rings is 1. The van der Waals surface area contributed by atoms with Gasteiger partial charge in [0.2, 0.25) is 0 Å². The minimum absolute atomic E-state index is 0.219. The number of ether oxygens (including phenoxy) is 1. The molecule has 3 N–H and O–H groups in total. The number of nitrogens with one attached hydrogen (secondary N) is 1. The Morgan fingerprint density at radius 2 is 2.19 bits per heavy atom. The van der Waals surface area contributed by atoms with Gasteiger partial charge in [-0.05, 0) is 18.1 Å². The van der Waals surface area contributed by atoms with Gasteiger partial charge in [0.15, 0.2) is 0 Å². The van der Waals surface area contributed by atoms with E-state index in [1.165, 1.54) is 6.20 Å². The SMILES string of the molecule is CCn1ncc(N)c1C(=O)NCc1cccc(COC)c1. The molecule has 0 fully saturated rings. The molecule has 0 saturated heterocycles. The zero-order chi connectivity index (χ0) is 15.2. The van der Waals surface area contributed by atoms with Crippen molar-refractivity contribution < 1.29 is 9.53 Å². The minimum atomic E-state index is -0.219. The second-order valence-corrected chi connectivity index (χ2v) is 4.70. The molecular weight excluding hydrogens is 268 g/mol. The lowest BCUT2D eigenvalue weighted by Crippen LogP contribution is -2.26. The van der Waals surface area contributed by atoms with Crippen molar-refractivity contribution in [3.63, 3.8) is 0 Å². The molecule has 1 amide bonds. The molecule has 0 radical (unpaired) electrons. The van der Waals surface area contributed by atoms with Gasteiger partial charge in [-0.15, -0.1) is 0 Å². The molecule has 0 atom stereocenters. The molecule has 0 spiro atoms. The van der Waals surface area contributed by atoms with Crippen molar-refractivity contribution in [2.45, 2.75) is 26.6 Å². The Balaban J connectivity index is 2.04. The first-order valence-corrected chi connectivity index (χ1v) is 6.82. The van der Waals surface area contributed by atoms with Gasteiger partial charge in [0, 0.05) is 20.2 Å². The fraction of sp³-hybridized carbons (Fsp3) is 0.333. The number of anilines is 1. The Kier molecular flexibility index (Phi) is 4.94. The van der Waals surface area contributed by atoms with Gasteiger partial charge in [-0.1, -0.05) is 24.3 Å². The zero-order valence-corrected chi connectivity index (χ0v) is 12.3. The Morgan fingerprint density at radius 1 is 1.43 bits per heavy atom. The molecule has 2 aromatic rings. The maximum Gasteiger partial charge on any atom is 0.271 e. The van der Waals surface area contributed by atoms with Crippen molar-refractivity contribution in [2.75, 3.05) is 12.8 Å². The molecule has 1 heterocycles. The van der Waals surface area contributed by atoms with Crippen LogP contribution in [0.2, 0.25) is 0 Å². The summed E-state index contributed by atoms with van der Waals surface area (Å²) in [4.78, 5) is 12.2. The molecule has 1 aromatic heterocycles. The van der Waals surface area contributed by atoms with E-state index in [2.05, 4.69) is 10.4 Å². The molecular formula is C15H20N4O2. The Hall–Kier alpha value is -2.34. The summed E-state index contributed by atoms with van der Waals surface area (Å²) < 4.78 is 6.69. The van der Waals surface area contributed by atoms with Crippen molar-refractivity contribution in [2.24, 2.45) is 0 Å². The van der Waals surface area contributed by atoms with Crippen LogP contribution < -0.4 is 11.1 Å². The number of aryl methyl sites for hydroxylation is 1. The molecule has 0 aliphatic rings. The summed E-state index contributed by atoms with van der Waals surface area (Å²) in [6.45, 7) is 3.50. The molecule has 21 heavy (non-hydrogen) atoms. The second-order valence-electron chi connectivity index (χ2n) is 4.70. The third-order valence-electron chi connectivity index (χ3n) is 3.14. The van der Waals surface area contributed by atoms with Gasteiger partial charge in [0.25, 0.3) is 5.91 Å². The lowest BCUT2D eigenvalue weighted by atomic mass is 10.1. The van der Waals surface area contributed by atoms with E-state index in [-0.39, 0.29) is 5.91 Å². The predicted molar refractivity (Wildman–Crippen MR) is 80.6 cm³/mol. The number of nitrogens with two attached hydrogens (primary N) is 1. The molecule has 6 heteroatoms. The summed E-state index contributed by atoms with van der Waals surface area (Å²) in [5.74, 6) is -0.219. The van der Waals surface area contributed by atoms with E-state index in [9.17, 15) is 4.79 Å². The normalized spacial score (nSPS) is 10.6. The predicted octanol–water partition coefficient (Wildman–Crippen LogP) is 1.56. The summed E-state index contributed by atoms with van der Waals surface area (Å²) in [7, 11) is 1.66. The number of carbonyl (C=O) groups is 1. The summed E-state index contributed by atoms with van der Waals surface area (Å²) >= 11 is 0. The van der Waals surface area contributed by atoms with Crippen molar-refractivity contribution >= 4 is 11.6 Å². The van der Waals surface area contributed by atoms with Crippen molar-refractivity contribution in [1.29, 1.82) is 0 Å². The first-order valence-electron chi connectivity index (χ1n) is 6.82. The summed E-state index contributed by atoms with van der Waals surface area (Å²) in [5, 5.41) is 6.93. The number of nitrogen functional groups attached to an aromatic ring is 1. The maximum absolute atomic E-state index is 12.2. The summed E-state index contributed by atoms with van der Waals surface area (Å²) in [6.07, 6.45) is 1.50. The molecule has 6 nitrogen and oxygen atoms in total. The van der Waals surface area contributed by atoms with E-state index in [0.29, 0.717) is 31.1 Å². The topological polar surface area (TPSA) is 82.2 Å². The van der Waals surface area contributed by atoms with Crippen molar-refractivity contribution in [3.8, 4) is 0 Å². The van der Waals surface area contributed by atoms with E-state index in [4.69, 9.17) is 10.5 Å². The highest BCUT2D eigenvalue weighted by Crippen LogP contribution is 2.11. The van der Waals surface area contributed by atoms with E-state index >= 15 is 0 Å². The minimum Gasteiger partial charge on any atom is -0.396 e. The molecule has 0 saturated carbocycles. The largest absolute Gasteiger partial charge is 0.396 e. The smallest absolute Gasteiger partial charge is 0.271 e. The third kappa shape index (κ3) is 3.61. The number of methoxy groups -OCH3 is 1. The van der Waals surface area contributed by atoms with Crippen LogP contribution in [-0.2, 0) is 24.4 Å². The molecule has 2 rings (SSSR count). The first-order chi connectivity index (χ1) is 10.2. The first kappa shape index (κ1) is 15.1. The van der Waals surface area contributed by atoms with Gasteiger partial charge in [-0.2, -0.15) is 5.10 Å². The number of aromatic nitrogens is 2. The molecule has 0 unspecified atom stereocenters. The number of carbonyl (C=O) groups excluding carboxylic acids is 1. The van der Waals surface area contributed by atoms with Crippen LogP contribution in [0.15, 0.2) is 30.5 Å². The fourth-order valence-corrected chi connectivity index (χ4v) is 2.15. The van der Waals surface area contributed by atoms with Gasteiger partial charge in [0.1, 0.15) is 5.69 Å². The van der Waals surface area contributed by atoms with Gasteiger partial charge in [0.05, 0.1) is 18.5 Å². The van der Waals surface area contributed by atoms with Gasteiger partial charge < -0.3 is 15.8 Å². The van der Waals surface area contributed by atoms with Crippen LogP contribution in [0.5, 0.6) is 0 Å². The van der Waals surface area contributed by atoms with E-state index < -0.39 is 0 Å². The fourth-order valence-electron chi connectivity index (χ4n) is 2.15. The van der Waals surface area contributed by atoms with Crippen LogP contribution >= 0.6 is 0 Å². The monoisotopic (exact) mass is 288 g/mol. The molecule has 0 aliphatic heterocycles. The van der Waals surface area contributed by atoms with Crippen molar-refractivity contribution in [1.82, 2.24) is 15.1 Å². The van der Waals surface area contributed by atoms with Crippen LogP contribution in [0.25, 0.3) is 0 Å². The molecule has 0 bridgehead atoms. The quantitative estimate of drug-likeness (QED) is 0.845. The molecule has 0 aliphatic carbocycles. The van der Waals surface area contributed by atoms with Crippen LogP contribution in [0.3, 0.4) is 0 Å². The Morgan fingerprint density at radius 3 is 2.90 bits per heavy atom. The van der Waals surface area contributed by atoms with Gasteiger partial charge in [-0.25, -0.2) is 0 Å². The van der Waals surface area contributed by atoms with Gasteiger partial charge in [-0.3, -0.25) is 9.48 Å². The summed E-state index contributed by atoms with van der Waals surface area (Å²) in [6, 6.07) is 7.89. The average molecular weight is 288 g/mol. The van der Waals surface area contributed by atoms with Crippen LogP contribution in [-0.4, -0.2) is 22.8 Å². The third-order valence-corrected chi connectivity index (χ3v) is 3.14. The molecule has 112 valence electrons. The zero-order valence-electron chi connectivity index (χ0n) is 12.3.